The highest BCUT2D eigenvalue weighted by molar-refractivity contribution is 7.91. The molecule has 1 aromatic rings. The zero-order chi connectivity index (χ0) is 16.2. The second-order valence-electron chi connectivity index (χ2n) is 7.23. The van der Waals surface area contributed by atoms with E-state index in [1.54, 1.807) is 0 Å². The monoisotopic (exact) mass is 320 g/mol. The Labute approximate surface area is 135 Å². The summed E-state index contributed by atoms with van der Waals surface area (Å²) in [6.07, 6.45) is 6.72. The SMILES string of the molecule is CC1CCCC/C1=C\CS(=O)(=O)CC(C)(C)c1ccccc1. The van der Waals surface area contributed by atoms with Crippen molar-refractivity contribution in [2.45, 2.75) is 51.9 Å². The van der Waals surface area contributed by atoms with E-state index >= 15 is 0 Å². The number of rotatable bonds is 5. The molecule has 0 aromatic heterocycles. The summed E-state index contributed by atoms with van der Waals surface area (Å²) in [6.45, 7) is 6.23. The number of allylic oxidation sites excluding steroid dienone is 1. The number of sulfone groups is 1. The molecule has 0 saturated heterocycles. The molecule has 1 atom stereocenters. The average Bonchev–Trinajstić information content (AvgIpc) is 2.46. The van der Waals surface area contributed by atoms with Crippen LogP contribution in [0, 0.1) is 5.92 Å². The first-order valence-electron chi connectivity index (χ1n) is 8.25. The van der Waals surface area contributed by atoms with E-state index in [-0.39, 0.29) is 16.9 Å². The summed E-state index contributed by atoms with van der Waals surface area (Å²) in [5, 5.41) is 0. The van der Waals surface area contributed by atoms with Crippen molar-refractivity contribution in [2.75, 3.05) is 11.5 Å². The van der Waals surface area contributed by atoms with Crippen LogP contribution in [-0.4, -0.2) is 19.9 Å². The minimum absolute atomic E-state index is 0.183. The Kier molecular flexibility index (Phi) is 5.49. The molecule has 1 unspecified atom stereocenters. The lowest BCUT2D eigenvalue weighted by atomic mass is 9.86. The molecule has 0 heterocycles. The highest BCUT2D eigenvalue weighted by atomic mass is 32.2. The Morgan fingerprint density at radius 2 is 1.86 bits per heavy atom. The molecular formula is C19H28O2S. The van der Waals surface area contributed by atoms with Crippen LogP contribution in [0.25, 0.3) is 0 Å². The van der Waals surface area contributed by atoms with Crippen LogP contribution >= 0.6 is 0 Å². The van der Waals surface area contributed by atoms with Crippen molar-refractivity contribution in [1.82, 2.24) is 0 Å². The number of benzene rings is 1. The number of hydrogen-bond donors (Lipinski definition) is 0. The van der Waals surface area contributed by atoms with Crippen LogP contribution in [0.2, 0.25) is 0 Å². The van der Waals surface area contributed by atoms with Gasteiger partial charge in [-0.05, 0) is 30.7 Å². The standard InChI is InChI=1S/C19H28O2S/c1-16-9-7-8-10-17(16)13-14-22(20,21)15-19(2,3)18-11-5-4-6-12-18/h4-6,11-13,16H,7-10,14-15H2,1-3H3/b17-13+. The van der Waals surface area contributed by atoms with Gasteiger partial charge in [-0.25, -0.2) is 8.42 Å². The minimum Gasteiger partial charge on any atom is -0.228 e. The topological polar surface area (TPSA) is 34.1 Å². The molecule has 1 fully saturated rings. The first-order chi connectivity index (χ1) is 10.3. The maximum atomic E-state index is 12.5. The van der Waals surface area contributed by atoms with Crippen molar-refractivity contribution in [3.05, 3.63) is 47.5 Å². The Morgan fingerprint density at radius 1 is 1.18 bits per heavy atom. The van der Waals surface area contributed by atoms with Gasteiger partial charge in [-0.2, -0.15) is 0 Å². The van der Waals surface area contributed by atoms with Gasteiger partial charge in [-0.15, -0.1) is 0 Å². The summed E-state index contributed by atoms with van der Waals surface area (Å²) in [5.41, 5.74) is 2.07. The van der Waals surface area contributed by atoms with Gasteiger partial charge >= 0.3 is 0 Å². The summed E-state index contributed by atoms with van der Waals surface area (Å²) in [6, 6.07) is 9.92. The zero-order valence-corrected chi connectivity index (χ0v) is 14.8. The van der Waals surface area contributed by atoms with Crippen LogP contribution in [0.5, 0.6) is 0 Å². The molecular weight excluding hydrogens is 292 g/mol. The molecule has 1 aliphatic rings. The van der Waals surface area contributed by atoms with Crippen LogP contribution in [0.1, 0.15) is 52.0 Å². The maximum absolute atomic E-state index is 12.5. The Balaban J connectivity index is 2.06. The van der Waals surface area contributed by atoms with E-state index in [0.29, 0.717) is 5.92 Å². The third-order valence-corrected chi connectivity index (χ3v) is 6.56. The van der Waals surface area contributed by atoms with Crippen molar-refractivity contribution in [3.63, 3.8) is 0 Å². The van der Waals surface area contributed by atoms with E-state index in [2.05, 4.69) is 6.92 Å². The van der Waals surface area contributed by atoms with E-state index in [9.17, 15) is 8.42 Å². The molecule has 0 N–H and O–H groups in total. The van der Waals surface area contributed by atoms with E-state index < -0.39 is 9.84 Å². The molecule has 0 bridgehead atoms. The molecule has 0 spiro atoms. The van der Waals surface area contributed by atoms with Gasteiger partial charge in [0.1, 0.15) is 0 Å². The molecule has 3 heteroatoms. The van der Waals surface area contributed by atoms with Gasteiger partial charge in [-0.1, -0.05) is 69.2 Å². The fourth-order valence-electron chi connectivity index (χ4n) is 3.33. The lowest BCUT2D eigenvalue weighted by molar-refractivity contribution is 0.483. The predicted molar refractivity (Wildman–Crippen MR) is 93.8 cm³/mol. The first-order valence-corrected chi connectivity index (χ1v) is 10.1. The van der Waals surface area contributed by atoms with Crippen molar-refractivity contribution in [3.8, 4) is 0 Å². The molecule has 0 radical (unpaired) electrons. The van der Waals surface area contributed by atoms with Gasteiger partial charge in [0.05, 0.1) is 11.5 Å². The van der Waals surface area contributed by atoms with Crippen molar-refractivity contribution < 1.29 is 8.42 Å². The van der Waals surface area contributed by atoms with Gasteiger partial charge in [-0.3, -0.25) is 0 Å². The van der Waals surface area contributed by atoms with Crippen molar-refractivity contribution >= 4 is 9.84 Å². The van der Waals surface area contributed by atoms with E-state index in [1.165, 1.54) is 24.8 Å². The number of hydrogen-bond acceptors (Lipinski definition) is 2. The van der Waals surface area contributed by atoms with Crippen LogP contribution < -0.4 is 0 Å². The van der Waals surface area contributed by atoms with Crippen molar-refractivity contribution in [2.24, 2.45) is 5.92 Å². The first kappa shape index (κ1) is 17.3. The van der Waals surface area contributed by atoms with Crippen molar-refractivity contribution in [1.29, 1.82) is 0 Å². The maximum Gasteiger partial charge on any atom is 0.154 e. The normalized spacial score (nSPS) is 22.0. The minimum atomic E-state index is -3.09. The average molecular weight is 320 g/mol. The molecule has 2 nitrogen and oxygen atoms in total. The summed E-state index contributed by atoms with van der Waals surface area (Å²) in [7, 11) is -3.09. The zero-order valence-electron chi connectivity index (χ0n) is 14.0. The van der Waals surface area contributed by atoms with Crippen LogP contribution in [-0.2, 0) is 15.3 Å². The summed E-state index contributed by atoms with van der Waals surface area (Å²) in [4.78, 5) is 0. The van der Waals surface area contributed by atoms with Gasteiger partial charge in [0.2, 0.25) is 0 Å². The van der Waals surface area contributed by atoms with Gasteiger partial charge in [0.15, 0.2) is 9.84 Å². The second kappa shape index (κ2) is 6.99. The molecule has 0 aliphatic heterocycles. The van der Waals surface area contributed by atoms with Gasteiger partial charge < -0.3 is 0 Å². The van der Waals surface area contributed by atoms with Crippen LogP contribution in [0.4, 0.5) is 0 Å². The highest BCUT2D eigenvalue weighted by Crippen LogP contribution is 2.29. The molecule has 122 valence electrons. The van der Waals surface area contributed by atoms with E-state index in [1.807, 2.05) is 50.3 Å². The second-order valence-corrected chi connectivity index (χ2v) is 9.34. The molecule has 1 aliphatic carbocycles. The fraction of sp³-hybridized carbons (Fsp3) is 0.579. The van der Waals surface area contributed by atoms with Gasteiger partial charge in [0, 0.05) is 5.41 Å². The largest absolute Gasteiger partial charge is 0.228 e. The quantitative estimate of drug-likeness (QED) is 0.748. The van der Waals surface area contributed by atoms with Gasteiger partial charge in [0.25, 0.3) is 0 Å². The van der Waals surface area contributed by atoms with E-state index in [0.717, 1.165) is 12.0 Å². The molecule has 22 heavy (non-hydrogen) atoms. The van der Waals surface area contributed by atoms with Crippen LogP contribution in [0.15, 0.2) is 42.0 Å². The third-order valence-electron chi connectivity index (χ3n) is 4.72. The molecule has 2 rings (SSSR count). The summed E-state index contributed by atoms with van der Waals surface area (Å²) in [5.74, 6) is 0.927. The lowest BCUT2D eigenvalue weighted by Crippen LogP contribution is -2.29. The summed E-state index contributed by atoms with van der Waals surface area (Å²) < 4.78 is 25.0. The lowest BCUT2D eigenvalue weighted by Gasteiger charge is -2.25. The van der Waals surface area contributed by atoms with E-state index in [4.69, 9.17) is 0 Å². The Hall–Kier alpha value is -1.09. The Bertz CT molecular complexity index is 612. The highest BCUT2D eigenvalue weighted by Gasteiger charge is 2.27. The molecule has 0 amide bonds. The predicted octanol–water partition coefficient (Wildman–Crippen LogP) is 4.52. The third kappa shape index (κ3) is 4.70. The summed E-state index contributed by atoms with van der Waals surface area (Å²) >= 11 is 0. The smallest absolute Gasteiger partial charge is 0.154 e. The van der Waals surface area contributed by atoms with Crippen LogP contribution in [0.3, 0.4) is 0 Å². The molecule has 1 aromatic carbocycles. The fourth-order valence-corrected chi connectivity index (χ4v) is 5.18. The Morgan fingerprint density at radius 3 is 2.50 bits per heavy atom. The molecule has 1 saturated carbocycles.